The van der Waals surface area contributed by atoms with Crippen molar-refractivity contribution in [3.05, 3.63) is 72.8 Å². The van der Waals surface area contributed by atoms with E-state index in [9.17, 15) is 4.79 Å². The van der Waals surface area contributed by atoms with Crippen molar-refractivity contribution in [2.24, 2.45) is 5.92 Å². The van der Waals surface area contributed by atoms with Gasteiger partial charge < -0.3 is 4.43 Å². The van der Waals surface area contributed by atoms with Gasteiger partial charge in [-0.25, -0.2) is 5.06 Å². The molecule has 31 heavy (non-hydrogen) atoms. The molecule has 2 aromatic carbocycles. The molecule has 0 radical (unpaired) electrons. The fourth-order valence-corrected chi connectivity index (χ4v) is 8.71. The summed E-state index contributed by atoms with van der Waals surface area (Å²) in [5.41, 5.74) is 0. The predicted octanol–water partition coefficient (Wildman–Crippen LogP) is 4.55. The molecule has 0 spiro atoms. The summed E-state index contributed by atoms with van der Waals surface area (Å²) < 4.78 is 7.24. The smallest absolute Gasteiger partial charge is 0.269 e. The molecule has 4 nitrogen and oxygen atoms in total. The van der Waals surface area contributed by atoms with Crippen molar-refractivity contribution >= 4 is 24.6 Å². The van der Waals surface area contributed by atoms with Crippen molar-refractivity contribution in [3.63, 3.8) is 0 Å². The van der Waals surface area contributed by atoms with Gasteiger partial charge in [0.15, 0.2) is 0 Å². The normalized spacial score (nSPS) is 13.5. The van der Waals surface area contributed by atoms with Crippen LogP contribution in [0, 0.1) is 5.92 Å². The lowest BCUT2D eigenvalue weighted by atomic mass is 10.0. The van der Waals surface area contributed by atoms with Gasteiger partial charge in [-0.15, -0.1) is 0 Å². The summed E-state index contributed by atoms with van der Waals surface area (Å²) in [7, 11) is 0.449. The van der Waals surface area contributed by atoms with Crippen LogP contribution in [0.2, 0.25) is 5.04 Å². The Morgan fingerprint density at radius 3 is 1.87 bits per heavy atom. The Hall–Kier alpha value is -2.21. The first-order chi connectivity index (χ1) is 14.6. The molecule has 0 aliphatic rings. The average molecular weight is 440 g/mol. The van der Waals surface area contributed by atoms with Crippen LogP contribution in [0.1, 0.15) is 41.0 Å². The van der Waals surface area contributed by atoms with Crippen LogP contribution >= 0.6 is 0 Å². The highest BCUT2D eigenvalue weighted by atomic mass is 28.4. The molecule has 0 saturated carbocycles. The fourth-order valence-electron chi connectivity index (χ4n) is 3.87. The minimum atomic E-state index is -2.63. The molecule has 5 heteroatoms. The van der Waals surface area contributed by atoms with Gasteiger partial charge in [-0.05, 0) is 27.8 Å². The van der Waals surface area contributed by atoms with E-state index in [1.54, 1.807) is 13.1 Å². The van der Waals surface area contributed by atoms with E-state index in [4.69, 9.17) is 9.26 Å². The number of nitrogens with zero attached hydrogens (tertiary/aromatic N) is 1. The average Bonchev–Trinajstić information content (AvgIpc) is 2.75. The number of carbonyl (C=O) groups is 1. The molecular weight excluding hydrogens is 402 g/mol. The second kappa shape index (κ2) is 10.9. The van der Waals surface area contributed by atoms with Crippen LogP contribution in [0.5, 0.6) is 0 Å². The standard InChI is InChI=1S/C26H37NO3Si/c1-21(2)24(19-14-20-25(28)27(6)29-7)30-31(26(3,4)5,22-15-10-8-11-16-22)23-17-12-9-13-18-23/h8-18,20-21,24H,19H2,1-7H3/b20-14+/t24-/m0/s1. The molecule has 2 rings (SSSR count). The molecule has 0 aromatic heterocycles. The van der Waals surface area contributed by atoms with Crippen LogP contribution in [0.4, 0.5) is 0 Å². The van der Waals surface area contributed by atoms with Crippen molar-refractivity contribution < 1.29 is 14.1 Å². The fraction of sp³-hybridized carbons (Fsp3) is 0.423. The molecule has 1 amide bonds. The van der Waals surface area contributed by atoms with E-state index in [0.717, 1.165) is 0 Å². The third kappa shape index (κ3) is 5.94. The summed E-state index contributed by atoms with van der Waals surface area (Å²) in [6, 6.07) is 21.3. The van der Waals surface area contributed by atoms with Crippen LogP contribution in [0.3, 0.4) is 0 Å². The predicted molar refractivity (Wildman–Crippen MR) is 131 cm³/mol. The van der Waals surface area contributed by atoms with E-state index in [2.05, 4.69) is 95.3 Å². The van der Waals surface area contributed by atoms with Crippen LogP contribution < -0.4 is 10.4 Å². The summed E-state index contributed by atoms with van der Waals surface area (Å²) in [5, 5.41) is 3.65. The lowest BCUT2D eigenvalue weighted by molar-refractivity contribution is -0.162. The zero-order valence-corrected chi connectivity index (χ0v) is 21.0. The Morgan fingerprint density at radius 2 is 1.48 bits per heavy atom. The number of carbonyl (C=O) groups excluding carboxylic acids is 1. The quantitative estimate of drug-likeness (QED) is 0.327. The topological polar surface area (TPSA) is 38.8 Å². The maximum Gasteiger partial charge on any atom is 0.269 e. The number of hydrogen-bond acceptors (Lipinski definition) is 3. The summed E-state index contributed by atoms with van der Waals surface area (Å²) in [6.45, 7) is 11.2. The van der Waals surface area contributed by atoms with Gasteiger partial charge in [-0.2, -0.15) is 0 Å². The first kappa shape index (κ1) is 25.1. The minimum absolute atomic E-state index is 0.0248. The van der Waals surface area contributed by atoms with Crippen LogP contribution in [0.15, 0.2) is 72.8 Å². The molecule has 0 bridgehead atoms. The first-order valence-corrected chi connectivity index (χ1v) is 12.8. The molecule has 168 valence electrons. The molecule has 0 aliphatic carbocycles. The summed E-state index contributed by atoms with van der Waals surface area (Å²) in [6.07, 6.45) is 4.10. The van der Waals surface area contributed by atoms with Crippen molar-refractivity contribution in [2.75, 3.05) is 14.2 Å². The Bertz CT molecular complexity index is 804. The van der Waals surface area contributed by atoms with E-state index in [1.807, 2.05) is 6.08 Å². The van der Waals surface area contributed by atoms with E-state index in [-0.39, 0.29) is 17.0 Å². The van der Waals surface area contributed by atoms with Gasteiger partial charge >= 0.3 is 0 Å². The van der Waals surface area contributed by atoms with Gasteiger partial charge in [0.25, 0.3) is 14.2 Å². The molecular formula is C26H37NO3Si. The Morgan fingerprint density at radius 1 is 1.00 bits per heavy atom. The number of likely N-dealkylation sites (N-methyl/N-ethyl adjacent to an activating group) is 1. The SMILES string of the molecule is CON(C)C(=O)/C=C/C[C@H](O[Si](c1ccccc1)(c1ccccc1)C(C)(C)C)C(C)C. The zero-order valence-electron chi connectivity index (χ0n) is 20.0. The zero-order chi connectivity index (χ0) is 23.1. The van der Waals surface area contributed by atoms with Gasteiger partial charge in [-0.1, -0.05) is 101 Å². The summed E-state index contributed by atoms with van der Waals surface area (Å²) in [5.74, 6) is 0.108. The highest BCUT2D eigenvalue weighted by molar-refractivity contribution is 6.99. The second-order valence-corrected chi connectivity index (χ2v) is 13.5. The summed E-state index contributed by atoms with van der Waals surface area (Å²) >= 11 is 0. The first-order valence-electron chi connectivity index (χ1n) is 10.9. The third-order valence-corrected chi connectivity index (χ3v) is 10.8. The van der Waals surface area contributed by atoms with Crippen molar-refractivity contribution in [2.45, 2.75) is 52.2 Å². The minimum Gasteiger partial charge on any atom is -0.404 e. The van der Waals surface area contributed by atoms with Gasteiger partial charge in [0.2, 0.25) is 0 Å². The van der Waals surface area contributed by atoms with Gasteiger partial charge in [-0.3, -0.25) is 9.63 Å². The van der Waals surface area contributed by atoms with Crippen LogP contribution in [-0.4, -0.2) is 39.5 Å². The van der Waals surface area contributed by atoms with E-state index in [1.165, 1.54) is 22.5 Å². The second-order valence-electron chi connectivity index (χ2n) is 9.22. The Kier molecular flexibility index (Phi) is 8.80. The number of hydrogen-bond donors (Lipinski definition) is 0. The molecule has 1 atom stereocenters. The molecule has 0 fully saturated rings. The Balaban J connectivity index is 2.50. The van der Waals surface area contributed by atoms with Gasteiger partial charge in [0.1, 0.15) is 0 Å². The largest absolute Gasteiger partial charge is 0.404 e. The monoisotopic (exact) mass is 439 g/mol. The van der Waals surface area contributed by atoms with Gasteiger partial charge in [0, 0.05) is 13.1 Å². The maximum absolute atomic E-state index is 12.1. The third-order valence-electron chi connectivity index (χ3n) is 5.70. The molecule has 0 heterocycles. The summed E-state index contributed by atoms with van der Waals surface area (Å²) in [4.78, 5) is 17.1. The van der Waals surface area contributed by atoms with E-state index in [0.29, 0.717) is 12.3 Å². The number of hydroxylamine groups is 2. The molecule has 0 saturated heterocycles. The van der Waals surface area contributed by atoms with Gasteiger partial charge in [0.05, 0.1) is 13.2 Å². The molecule has 0 aliphatic heterocycles. The lowest BCUT2D eigenvalue weighted by Gasteiger charge is -2.46. The van der Waals surface area contributed by atoms with Crippen molar-refractivity contribution in [1.82, 2.24) is 5.06 Å². The molecule has 0 N–H and O–H groups in total. The van der Waals surface area contributed by atoms with Crippen molar-refractivity contribution in [3.8, 4) is 0 Å². The van der Waals surface area contributed by atoms with Crippen LogP contribution in [-0.2, 0) is 14.1 Å². The van der Waals surface area contributed by atoms with E-state index >= 15 is 0 Å². The number of benzene rings is 2. The maximum atomic E-state index is 12.1. The lowest BCUT2D eigenvalue weighted by Crippen LogP contribution is -2.68. The molecule has 0 unspecified atom stereocenters. The number of amides is 1. The Labute approximate surface area is 189 Å². The highest BCUT2D eigenvalue weighted by Crippen LogP contribution is 2.38. The van der Waals surface area contributed by atoms with E-state index < -0.39 is 8.32 Å². The van der Waals surface area contributed by atoms with Crippen molar-refractivity contribution in [1.29, 1.82) is 0 Å². The van der Waals surface area contributed by atoms with Crippen LogP contribution in [0.25, 0.3) is 0 Å². The highest BCUT2D eigenvalue weighted by Gasteiger charge is 2.51. The number of rotatable bonds is 9. The molecule has 2 aromatic rings.